The molecule has 0 saturated heterocycles. The zero-order chi connectivity index (χ0) is 24.5. The van der Waals surface area contributed by atoms with Crippen molar-refractivity contribution < 1.29 is 28.6 Å². The molecule has 0 radical (unpaired) electrons. The number of hydrogen-bond donors (Lipinski definition) is 1. The Hall–Kier alpha value is -1.82. The van der Waals surface area contributed by atoms with Gasteiger partial charge in [0.05, 0.1) is 11.5 Å². The van der Waals surface area contributed by atoms with Crippen LogP contribution in [0.4, 0.5) is 4.39 Å². The van der Waals surface area contributed by atoms with Crippen LogP contribution in [0.25, 0.3) is 0 Å². The number of ketones is 2. The van der Waals surface area contributed by atoms with Gasteiger partial charge in [-0.3, -0.25) is 14.4 Å². The molecule has 0 aromatic carbocycles. The molecule has 4 rings (SSSR count). The van der Waals surface area contributed by atoms with Gasteiger partial charge in [-0.05, 0) is 80.9 Å². The average Bonchev–Trinajstić information content (AvgIpc) is 2.96. The zero-order valence-corrected chi connectivity index (χ0v) is 20.6. The van der Waals surface area contributed by atoms with Gasteiger partial charge in [0.25, 0.3) is 0 Å². The van der Waals surface area contributed by atoms with Gasteiger partial charge < -0.3 is 9.84 Å². The number of Topliss-reactive ketones (excluding diaryl/α,β-unsaturated/α-hetero) is 1. The Balaban J connectivity index is 1.62. The number of esters is 1. The Morgan fingerprint density at radius 2 is 1.91 bits per heavy atom. The van der Waals surface area contributed by atoms with Crippen LogP contribution in [-0.2, 0) is 19.1 Å². The normalized spacial score (nSPS) is 44.4. The van der Waals surface area contributed by atoms with E-state index in [0.717, 1.165) is 6.42 Å². The van der Waals surface area contributed by atoms with Crippen LogP contribution in [-0.4, -0.2) is 41.5 Å². The highest BCUT2D eigenvalue weighted by Gasteiger charge is 2.65. The second-order valence-corrected chi connectivity index (χ2v) is 12.4. The molecule has 0 heterocycles. The SMILES string of the molecule is C[C@@H]1CC2C3C[C@H](F)C4=CC(=O)C=C[C@]4(C)C3[C@@H](O)C[C@]2(C)[C@H]1C(=O)COC(=O)C(C)(C)C. The number of hydrogen-bond acceptors (Lipinski definition) is 5. The third-order valence-electron chi connectivity index (χ3n) is 9.12. The van der Waals surface area contributed by atoms with E-state index in [-0.39, 0.29) is 54.2 Å². The maximum Gasteiger partial charge on any atom is 0.311 e. The molecule has 4 aliphatic rings. The predicted octanol–water partition coefficient (Wildman–Crippen LogP) is 4.23. The first-order valence-corrected chi connectivity index (χ1v) is 12.2. The Kier molecular flexibility index (Phi) is 5.79. The third-order valence-corrected chi connectivity index (χ3v) is 9.12. The summed E-state index contributed by atoms with van der Waals surface area (Å²) in [5, 5.41) is 11.4. The number of fused-ring (bicyclic) bond motifs is 5. The van der Waals surface area contributed by atoms with Crippen molar-refractivity contribution in [2.24, 2.45) is 45.8 Å². The van der Waals surface area contributed by atoms with Crippen LogP contribution < -0.4 is 0 Å². The lowest BCUT2D eigenvalue weighted by atomic mass is 9.46. The van der Waals surface area contributed by atoms with Gasteiger partial charge in [-0.15, -0.1) is 0 Å². The summed E-state index contributed by atoms with van der Waals surface area (Å²) >= 11 is 0. The summed E-state index contributed by atoms with van der Waals surface area (Å²) in [7, 11) is 0. The monoisotopic (exact) mass is 460 g/mol. The van der Waals surface area contributed by atoms with Crippen LogP contribution in [0.1, 0.15) is 60.8 Å². The summed E-state index contributed by atoms with van der Waals surface area (Å²) in [6.45, 7) is 11.0. The van der Waals surface area contributed by atoms with E-state index in [1.807, 2.05) is 13.8 Å². The molecule has 0 aromatic heterocycles. The molecule has 3 unspecified atom stereocenters. The molecule has 1 N–H and O–H groups in total. The Morgan fingerprint density at radius 3 is 2.55 bits per heavy atom. The minimum absolute atomic E-state index is 0.0538. The Labute approximate surface area is 195 Å². The fraction of sp³-hybridized carbons (Fsp3) is 0.741. The van der Waals surface area contributed by atoms with Crippen molar-refractivity contribution in [1.29, 1.82) is 0 Å². The molecular formula is C27H37FO5. The topological polar surface area (TPSA) is 80.7 Å². The van der Waals surface area contributed by atoms with E-state index in [2.05, 4.69) is 6.92 Å². The second-order valence-electron chi connectivity index (χ2n) is 12.4. The third kappa shape index (κ3) is 3.73. The molecule has 3 saturated carbocycles. The first-order valence-electron chi connectivity index (χ1n) is 12.2. The predicted molar refractivity (Wildman–Crippen MR) is 122 cm³/mol. The number of aliphatic hydroxyl groups excluding tert-OH is 1. The van der Waals surface area contributed by atoms with E-state index in [1.165, 1.54) is 12.2 Å². The molecule has 182 valence electrons. The summed E-state index contributed by atoms with van der Waals surface area (Å²) in [6, 6.07) is 0. The lowest BCUT2D eigenvalue weighted by molar-refractivity contribution is -0.160. The molecule has 0 aliphatic heterocycles. The summed E-state index contributed by atoms with van der Waals surface area (Å²) < 4.78 is 20.8. The van der Waals surface area contributed by atoms with Gasteiger partial charge in [-0.25, -0.2) is 4.39 Å². The van der Waals surface area contributed by atoms with Crippen molar-refractivity contribution in [1.82, 2.24) is 0 Å². The lowest BCUT2D eigenvalue weighted by Crippen LogP contribution is -2.58. The molecule has 4 aliphatic carbocycles. The van der Waals surface area contributed by atoms with Crippen LogP contribution in [0.2, 0.25) is 0 Å². The molecular weight excluding hydrogens is 423 g/mol. The van der Waals surface area contributed by atoms with Crippen LogP contribution in [0, 0.1) is 45.8 Å². The van der Waals surface area contributed by atoms with Gasteiger partial charge in [-0.2, -0.15) is 0 Å². The fourth-order valence-corrected chi connectivity index (χ4v) is 7.83. The number of aliphatic hydroxyl groups is 1. The molecule has 0 bridgehead atoms. The highest BCUT2D eigenvalue weighted by Crippen LogP contribution is 2.67. The van der Waals surface area contributed by atoms with E-state index < -0.39 is 34.5 Å². The average molecular weight is 461 g/mol. The van der Waals surface area contributed by atoms with E-state index in [1.54, 1.807) is 26.8 Å². The molecule has 0 amide bonds. The van der Waals surface area contributed by atoms with Crippen LogP contribution in [0.15, 0.2) is 23.8 Å². The number of allylic oxidation sites excluding steroid dienone is 4. The van der Waals surface area contributed by atoms with E-state index in [9.17, 15) is 19.5 Å². The summed E-state index contributed by atoms with van der Waals surface area (Å²) in [4.78, 5) is 37.5. The highest BCUT2D eigenvalue weighted by atomic mass is 19.1. The molecule has 0 spiro atoms. The maximum atomic E-state index is 15.4. The molecule has 0 aromatic rings. The largest absolute Gasteiger partial charge is 0.457 e. The quantitative estimate of drug-likeness (QED) is 0.638. The molecule has 5 nitrogen and oxygen atoms in total. The Bertz CT molecular complexity index is 929. The summed E-state index contributed by atoms with van der Waals surface area (Å²) in [5.41, 5.74) is -1.40. The van der Waals surface area contributed by atoms with Gasteiger partial charge in [0.15, 0.2) is 11.6 Å². The first kappa shape index (κ1) is 24.3. The number of alkyl halides is 1. The van der Waals surface area contributed by atoms with Gasteiger partial charge in [0.1, 0.15) is 12.8 Å². The lowest BCUT2D eigenvalue weighted by Gasteiger charge is -2.59. The maximum absolute atomic E-state index is 15.4. The van der Waals surface area contributed by atoms with Crippen molar-refractivity contribution in [2.45, 2.75) is 73.1 Å². The van der Waals surface area contributed by atoms with Crippen LogP contribution in [0.5, 0.6) is 0 Å². The van der Waals surface area contributed by atoms with E-state index >= 15 is 4.39 Å². The number of rotatable bonds is 3. The molecule has 33 heavy (non-hydrogen) atoms. The smallest absolute Gasteiger partial charge is 0.311 e. The van der Waals surface area contributed by atoms with Crippen molar-refractivity contribution in [2.75, 3.05) is 6.61 Å². The summed E-state index contributed by atoms with van der Waals surface area (Å²) in [5.74, 6) is -1.23. The van der Waals surface area contributed by atoms with Crippen molar-refractivity contribution >= 4 is 17.5 Å². The van der Waals surface area contributed by atoms with E-state index in [4.69, 9.17) is 4.74 Å². The highest BCUT2D eigenvalue weighted by molar-refractivity contribution is 6.01. The minimum atomic E-state index is -1.24. The first-order chi connectivity index (χ1) is 15.2. The van der Waals surface area contributed by atoms with Crippen LogP contribution >= 0.6 is 0 Å². The molecule has 3 fully saturated rings. The number of ether oxygens (including phenoxy) is 1. The molecule has 6 heteroatoms. The van der Waals surface area contributed by atoms with Crippen molar-refractivity contribution in [3.05, 3.63) is 23.8 Å². The minimum Gasteiger partial charge on any atom is -0.457 e. The van der Waals surface area contributed by atoms with Crippen molar-refractivity contribution in [3.8, 4) is 0 Å². The summed E-state index contributed by atoms with van der Waals surface area (Å²) in [6.07, 6.45) is 4.21. The number of carbonyl (C=O) groups excluding carboxylic acids is 3. The van der Waals surface area contributed by atoms with Crippen molar-refractivity contribution in [3.63, 3.8) is 0 Å². The van der Waals surface area contributed by atoms with E-state index in [0.29, 0.717) is 12.0 Å². The van der Waals surface area contributed by atoms with Gasteiger partial charge in [-0.1, -0.05) is 26.8 Å². The standard InChI is InChI=1S/C27H37FO5/c1-14-9-17-16-11-19(28)18-10-15(29)7-8-26(18,5)23(16)20(30)12-27(17,6)22(14)21(31)13-33-24(32)25(2,3)4/h7-8,10,14,16-17,19-20,22-23,30H,9,11-13H2,1-6H3/t14-,16?,17?,19+,20+,22-,23?,26+,27+/m1/s1. The number of halogens is 1. The zero-order valence-electron chi connectivity index (χ0n) is 20.6. The number of carbonyl (C=O) groups is 3. The molecule has 9 atom stereocenters. The Morgan fingerprint density at radius 1 is 1.24 bits per heavy atom. The van der Waals surface area contributed by atoms with Crippen LogP contribution in [0.3, 0.4) is 0 Å². The van der Waals surface area contributed by atoms with Gasteiger partial charge in [0.2, 0.25) is 0 Å². The van der Waals surface area contributed by atoms with Gasteiger partial charge in [0, 0.05) is 17.3 Å². The fourth-order valence-electron chi connectivity index (χ4n) is 7.83. The van der Waals surface area contributed by atoms with Gasteiger partial charge >= 0.3 is 5.97 Å². The second kappa shape index (κ2) is 7.86.